The third-order valence-electron chi connectivity index (χ3n) is 6.56. The van der Waals surface area contributed by atoms with Gasteiger partial charge in [0.15, 0.2) is 5.82 Å². The molecule has 3 heterocycles. The Morgan fingerprint density at radius 3 is 2.76 bits per heavy atom. The Labute approximate surface area is 197 Å². The number of benzene rings is 2. The van der Waals surface area contributed by atoms with E-state index >= 15 is 0 Å². The van der Waals surface area contributed by atoms with Crippen molar-refractivity contribution in [2.75, 3.05) is 18.4 Å². The molecule has 2 N–H and O–H groups in total. The van der Waals surface area contributed by atoms with Gasteiger partial charge in [0, 0.05) is 25.3 Å². The molecule has 2 aromatic heterocycles. The second kappa shape index (κ2) is 9.26. The molecule has 176 valence electrons. The van der Waals surface area contributed by atoms with Gasteiger partial charge in [0.25, 0.3) is 5.56 Å². The summed E-state index contributed by atoms with van der Waals surface area (Å²) in [5, 5.41) is 15.3. The summed E-state index contributed by atoms with van der Waals surface area (Å²) in [6, 6.07) is 15.3. The van der Waals surface area contributed by atoms with Crippen LogP contribution in [0, 0.1) is 6.92 Å². The van der Waals surface area contributed by atoms with E-state index in [-0.39, 0.29) is 17.6 Å². The van der Waals surface area contributed by atoms with Crippen LogP contribution in [0.15, 0.2) is 53.3 Å². The molecule has 1 saturated heterocycles. The molecule has 2 aromatic carbocycles. The van der Waals surface area contributed by atoms with E-state index in [1.54, 1.807) is 11.6 Å². The smallest absolute Gasteiger partial charge is 0.319 e. The predicted molar refractivity (Wildman–Crippen MR) is 132 cm³/mol. The highest BCUT2D eigenvalue weighted by Gasteiger charge is 2.25. The van der Waals surface area contributed by atoms with Crippen LogP contribution in [0.1, 0.15) is 30.7 Å². The zero-order chi connectivity index (χ0) is 23.7. The van der Waals surface area contributed by atoms with Gasteiger partial charge in [-0.2, -0.15) is 0 Å². The lowest BCUT2D eigenvalue weighted by atomic mass is 10.0. The van der Waals surface area contributed by atoms with E-state index in [0.29, 0.717) is 24.3 Å². The first-order valence-corrected chi connectivity index (χ1v) is 11.7. The monoisotopic (exact) mass is 459 g/mol. The molecular formula is C25H29N7O2. The quantitative estimate of drug-likeness (QED) is 0.478. The number of carbonyl (C=O) groups is 1. The predicted octanol–water partition coefficient (Wildman–Crippen LogP) is 3.07. The molecule has 1 unspecified atom stereocenters. The van der Waals surface area contributed by atoms with Gasteiger partial charge in [-0.25, -0.2) is 4.79 Å². The van der Waals surface area contributed by atoms with Crippen LogP contribution in [0.3, 0.4) is 0 Å². The maximum atomic E-state index is 12.9. The van der Waals surface area contributed by atoms with Gasteiger partial charge in [-0.1, -0.05) is 36.2 Å². The fourth-order valence-corrected chi connectivity index (χ4v) is 4.75. The molecule has 1 atom stereocenters. The van der Waals surface area contributed by atoms with Crippen molar-refractivity contribution in [1.82, 2.24) is 29.4 Å². The van der Waals surface area contributed by atoms with Crippen LogP contribution in [0.5, 0.6) is 0 Å². The van der Waals surface area contributed by atoms with E-state index in [4.69, 9.17) is 0 Å². The number of carbonyl (C=O) groups excluding carboxylic acids is 1. The lowest BCUT2D eigenvalue weighted by molar-refractivity contribution is 0.135. The summed E-state index contributed by atoms with van der Waals surface area (Å²) in [5.41, 5.74) is 2.55. The van der Waals surface area contributed by atoms with Crippen LogP contribution in [-0.4, -0.2) is 49.2 Å². The Morgan fingerprint density at radius 1 is 1.12 bits per heavy atom. The SMILES string of the molecule is Cc1ccc2c(c1)c(=O)n(C)c1nnc(CN3CCCCC3CNC(=O)Nc3ccccc3)n21. The number of piperidine rings is 1. The minimum Gasteiger partial charge on any atom is -0.336 e. The molecule has 34 heavy (non-hydrogen) atoms. The Kier molecular flexibility index (Phi) is 6.02. The molecule has 5 rings (SSSR count). The van der Waals surface area contributed by atoms with Crippen LogP contribution >= 0.6 is 0 Å². The van der Waals surface area contributed by atoms with E-state index < -0.39 is 0 Å². The lowest BCUT2D eigenvalue weighted by Crippen LogP contribution is -2.47. The van der Waals surface area contributed by atoms with Crippen LogP contribution in [0.25, 0.3) is 16.7 Å². The molecule has 0 radical (unpaired) electrons. The zero-order valence-electron chi connectivity index (χ0n) is 19.5. The van der Waals surface area contributed by atoms with Gasteiger partial charge in [0.2, 0.25) is 5.78 Å². The summed E-state index contributed by atoms with van der Waals surface area (Å²) in [5.74, 6) is 1.32. The normalized spacial score (nSPS) is 16.7. The number of likely N-dealkylation sites (tertiary alicyclic amines) is 1. The minimum atomic E-state index is -0.207. The van der Waals surface area contributed by atoms with Crippen molar-refractivity contribution < 1.29 is 4.79 Å². The molecule has 1 aliphatic heterocycles. The first-order valence-electron chi connectivity index (χ1n) is 11.7. The molecular weight excluding hydrogens is 430 g/mol. The topological polar surface area (TPSA) is 96.6 Å². The standard InChI is InChI=1S/C25H29N7O2/c1-17-11-12-21-20(14-17)23(33)30(2)25-29-28-22(32(21)25)16-31-13-7-6-10-19(31)15-26-24(34)27-18-8-4-3-5-9-18/h3-5,8-9,11-12,14,19H,6-7,10,13,15-16H2,1-2H3,(H2,26,27,34). The van der Waals surface area contributed by atoms with Crippen molar-refractivity contribution in [2.24, 2.45) is 7.05 Å². The number of aryl methyl sites for hydroxylation is 2. The number of anilines is 1. The molecule has 9 heteroatoms. The van der Waals surface area contributed by atoms with Crippen molar-refractivity contribution in [3.8, 4) is 0 Å². The van der Waals surface area contributed by atoms with Crippen LogP contribution in [0.2, 0.25) is 0 Å². The second-order valence-electron chi connectivity index (χ2n) is 8.96. The molecule has 0 aliphatic carbocycles. The Bertz CT molecular complexity index is 1390. The molecule has 0 saturated carbocycles. The number of aromatic nitrogens is 4. The second-order valence-corrected chi connectivity index (χ2v) is 8.96. The first kappa shape index (κ1) is 22.1. The largest absolute Gasteiger partial charge is 0.336 e. The van der Waals surface area contributed by atoms with E-state index in [2.05, 4.69) is 25.7 Å². The summed E-state index contributed by atoms with van der Waals surface area (Å²) >= 11 is 0. The first-order chi connectivity index (χ1) is 16.5. The molecule has 2 amide bonds. The Morgan fingerprint density at radius 2 is 1.94 bits per heavy atom. The number of hydrogen-bond donors (Lipinski definition) is 2. The summed E-state index contributed by atoms with van der Waals surface area (Å²) < 4.78 is 3.54. The maximum Gasteiger partial charge on any atom is 0.319 e. The van der Waals surface area contributed by atoms with Gasteiger partial charge in [0.05, 0.1) is 17.4 Å². The van der Waals surface area contributed by atoms with Crippen molar-refractivity contribution in [3.63, 3.8) is 0 Å². The molecule has 9 nitrogen and oxygen atoms in total. The van der Waals surface area contributed by atoms with Crippen molar-refractivity contribution in [2.45, 2.75) is 38.8 Å². The zero-order valence-corrected chi connectivity index (χ0v) is 19.5. The third-order valence-corrected chi connectivity index (χ3v) is 6.56. The van der Waals surface area contributed by atoms with E-state index in [0.717, 1.165) is 48.4 Å². The number of fused-ring (bicyclic) bond motifs is 3. The number of nitrogens with zero attached hydrogens (tertiary/aromatic N) is 5. The lowest BCUT2D eigenvalue weighted by Gasteiger charge is -2.35. The summed E-state index contributed by atoms with van der Waals surface area (Å²) in [6.45, 7) is 4.04. The van der Waals surface area contributed by atoms with E-state index in [1.807, 2.05) is 59.9 Å². The van der Waals surface area contributed by atoms with Gasteiger partial charge >= 0.3 is 6.03 Å². The molecule has 0 spiro atoms. The Hall–Kier alpha value is -3.72. The van der Waals surface area contributed by atoms with Gasteiger partial charge < -0.3 is 10.6 Å². The molecule has 0 bridgehead atoms. The van der Waals surface area contributed by atoms with Crippen LogP contribution in [-0.2, 0) is 13.6 Å². The summed E-state index contributed by atoms with van der Waals surface area (Å²) in [4.78, 5) is 27.6. The number of rotatable bonds is 5. The number of urea groups is 1. The maximum absolute atomic E-state index is 12.9. The molecule has 1 aliphatic rings. The number of amides is 2. The van der Waals surface area contributed by atoms with Crippen molar-refractivity contribution >= 4 is 28.4 Å². The van der Waals surface area contributed by atoms with Gasteiger partial charge in [-0.3, -0.25) is 18.7 Å². The number of nitrogens with one attached hydrogen (secondary N) is 2. The highest BCUT2D eigenvalue weighted by molar-refractivity contribution is 5.89. The Balaban J connectivity index is 1.37. The summed E-state index contributed by atoms with van der Waals surface area (Å²) in [7, 11) is 1.73. The number of hydrogen-bond acceptors (Lipinski definition) is 5. The fraction of sp³-hybridized carbons (Fsp3) is 0.360. The van der Waals surface area contributed by atoms with E-state index in [9.17, 15) is 9.59 Å². The molecule has 1 fully saturated rings. The van der Waals surface area contributed by atoms with Crippen molar-refractivity contribution in [3.05, 3.63) is 70.3 Å². The highest BCUT2D eigenvalue weighted by Crippen LogP contribution is 2.21. The average molecular weight is 460 g/mol. The van der Waals surface area contributed by atoms with Crippen LogP contribution in [0.4, 0.5) is 10.5 Å². The number of para-hydroxylation sites is 1. The van der Waals surface area contributed by atoms with Crippen LogP contribution < -0.4 is 16.2 Å². The third kappa shape index (κ3) is 4.26. The van der Waals surface area contributed by atoms with E-state index in [1.165, 1.54) is 0 Å². The van der Waals surface area contributed by atoms with Gasteiger partial charge in [-0.05, 0) is 50.6 Å². The van der Waals surface area contributed by atoms with Gasteiger partial charge in [-0.15, -0.1) is 10.2 Å². The van der Waals surface area contributed by atoms with Crippen molar-refractivity contribution in [1.29, 1.82) is 0 Å². The molecule has 4 aromatic rings. The average Bonchev–Trinajstić information content (AvgIpc) is 3.26. The fourth-order valence-electron chi connectivity index (χ4n) is 4.75. The van der Waals surface area contributed by atoms with Gasteiger partial charge in [0.1, 0.15) is 0 Å². The minimum absolute atomic E-state index is 0.0744. The highest BCUT2D eigenvalue weighted by atomic mass is 16.2. The summed E-state index contributed by atoms with van der Waals surface area (Å²) in [6.07, 6.45) is 3.23.